The Bertz CT molecular complexity index is 1060. The number of benzene rings is 3. The van der Waals surface area contributed by atoms with Crippen molar-refractivity contribution in [3.8, 4) is 11.1 Å². The third kappa shape index (κ3) is 3.92. The molecule has 0 N–H and O–H groups in total. The SMILES string of the molecule is Cc1cccc(CN2C(=O)S/C(=C\c3ccc(-c4ccccc4)cc3)C2=O)c1. The summed E-state index contributed by atoms with van der Waals surface area (Å²) in [6, 6.07) is 26.0. The van der Waals surface area contributed by atoms with E-state index in [0.29, 0.717) is 11.4 Å². The van der Waals surface area contributed by atoms with E-state index >= 15 is 0 Å². The Labute approximate surface area is 168 Å². The van der Waals surface area contributed by atoms with Gasteiger partial charge in [-0.3, -0.25) is 14.5 Å². The topological polar surface area (TPSA) is 37.4 Å². The molecule has 0 unspecified atom stereocenters. The minimum atomic E-state index is -0.233. The van der Waals surface area contributed by atoms with E-state index in [2.05, 4.69) is 12.1 Å². The van der Waals surface area contributed by atoms with E-state index in [4.69, 9.17) is 0 Å². The molecule has 3 aromatic rings. The van der Waals surface area contributed by atoms with E-state index in [0.717, 1.165) is 39.6 Å². The Kier molecular flexibility index (Phi) is 5.13. The molecule has 4 heteroatoms. The highest BCUT2D eigenvalue weighted by atomic mass is 32.2. The first kappa shape index (κ1) is 18.3. The van der Waals surface area contributed by atoms with Crippen LogP contribution in [0.25, 0.3) is 17.2 Å². The van der Waals surface area contributed by atoms with Crippen molar-refractivity contribution in [2.45, 2.75) is 13.5 Å². The van der Waals surface area contributed by atoms with Crippen molar-refractivity contribution in [1.82, 2.24) is 4.90 Å². The number of rotatable bonds is 4. The average Bonchev–Trinajstić information content (AvgIpc) is 2.97. The summed E-state index contributed by atoms with van der Waals surface area (Å²) in [6.07, 6.45) is 1.79. The first-order valence-corrected chi connectivity index (χ1v) is 9.88. The van der Waals surface area contributed by atoms with Gasteiger partial charge in [0.2, 0.25) is 0 Å². The lowest BCUT2D eigenvalue weighted by Gasteiger charge is -2.12. The fraction of sp³-hybridized carbons (Fsp3) is 0.0833. The molecule has 0 atom stereocenters. The normalized spacial score (nSPS) is 15.5. The Morgan fingerprint density at radius 2 is 1.57 bits per heavy atom. The van der Waals surface area contributed by atoms with E-state index in [-0.39, 0.29) is 11.1 Å². The number of hydrogen-bond acceptors (Lipinski definition) is 3. The summed E-state index contributed by atoms with van der Waals surface area (Å²) in [7, 11) is 0. The van der Waals surface area contributed by atoms with Gasteiger partial charge in [-0.1, -0.05) is 84.4 Å². The number of aryl methyl sites for hydroxylation is 1. The van der Waals surface area contributed by atoms with E-state index in [1.54, 1.807) is 6.08 Å². The summed E-state index contributed by atoms with van der Waals surface area (Å²) in [5.41, 5.74) is 5.23. The monoisotopic (exact) mass is 385 g/mol. The molecule has 1 heterocycles. The summed E-state index contributed by atoms with van der Waals surface area (Å²) < 4.78 is 0. The molecule has 28 heavy (non-hydrogen) atoms. The number of imide groups is 1. The van der Waals surface area contributed by atoms with Crippen LogP contribution >= 0.6 is 11.8 Å². The number of carbonyl (C=O) groups excluding carboxylic acids is 2. The van der Waals surface area contributed by atoms with Crippen LogP contribution < -0.4 is 0 Å². The lowest BCUT2D eigenvalue weighted by atomic mass is 10.0. The first-order valence-electron chi connectivity index (χ1n) is 9.06. The summed E-state index contributed by atoms with van der Waals surface area (Å²) in [6.45, 7) is 2.30. The molecule has 0 aromatic heterocycles. The van der Waals surface area contributed by atoms with Crippen LogP contribution in [0.2, 0.25) is 0 Å². The highest BCUT2D eigenvalue weighted by molar-refractivity contribution is 8.18. The predicted octanol–water partition coefficient (Wildman–Crippen LogP) is 5.90. The van der Waals surface area contributed by atoms with Crippen LogP contribution in [0.4, 0.5) is 4.79 Å². The quantitative estimate of drug-likeness (QED) is 0.525. The van der Waals surface area contributed by atoms with E-state index in [1.807, 2.05) is 73.7 Å². The van der Waals surface area contributed by atoms with Crippen LogP contribution in [-0.4, -0.2) is 16.0 Å². The standard InChI is InChI=1S/C24H19NO2S/c1-17-6-5-7-19(14-17)16-25-23(26)22(28-24(25)27)15-18-10-12-21(13-11-18)20-8-3-2-4-9-20/h2-15H,16H2,1H3/b22-15-. The molecule has 0 aliphatic carbocycles. The Morgan fingerprint density at radius 3 is 2.29 bits per heavy atom. The molecule has 0 bridgehead atoms. The van der Waals surface area contributed by atoms with Gasteiger partial charge in [0.05, 0.1) is 11.4 Å². The molecule has 1 saturated heterocycles. The van der Waals surface area contributed by atoms with Crippen LogP contribution in [0.5, 0.6) is 0 Å². The lowest BCUT2D eigenvalue weighted by Crippen LogP contribution is -2.27. The zero-order valence-electron chi connectivity index (χ0n) is 15.5. The second-order valence-electron chi connectivity index (χ2n) is 6.74. The second kappa shape index (κ2) is 7.87. The summed E-state index contributed by atoms with van der Waals surface area (Å²) in [5.74, 6) is -0.233. The van der Waals surface area contributed by atoms with Crippen molar-refractivity contribution >= 4 is 29.0 Å². The van der Waals surface area contributed by atoms with Gasteiger partial charge in [-0.25, -0.2) is 0 Å². The largest absolute Gasteiger partial charge is 0.293 e. The van der Waals surface area contributed by atoms with Crippen molar-refractivity contribution in [2.75, 3.05) is 0 Å². The van der Waals surface area contributed by atoms with E-state index in [9.17, 15) is 9.59 Å². The Hall–Kier alpha value is -3.11. The maximum atomic E-state index is 12.7. The Morgan fingerprint density at radius 1 is 0.857 bits per heavy atom. The maximum absolute atomic E-state index is 12.7. The van der Waals surface area contributed by atoms with Gasteiger partial charge >= 0.3 is 0 Å². The van der Waals surface area contributed by atoms with Crippen LogP contribution in [0.15, 0.2) is 83.8 Å². The molecular weight excluding hydrogens is 366 g/mol. The molecule has 3 aromatic carbocycles. The summed E-state index contributed by atoms with van der Waals surface area (Å²) in [5, 5.41) is -0.223. The van der Waals surface area contributed by atoms with Gasteiger partial charge in [-0.05, 0) is 47.0 Å². The van der Waals surface area contributed by atoms with Gasteiger partial charge in [-0.15, -0.1) is 0 Å². The van der Waals surface area contributed by atoms with Crippen LogP contribution in [0.1, 0.15) is 16.7 Å². The fourth-order valence-corrected chi connectivity index (χ4v) is 4.02. The first-order chi connectivity index (χ1) is 13.6. The molecule has 1 aliphatic heterocycles. The molecule has 4 rings (SSSR count). The van der Waals surface area contributed by atoms with Crippen molar-refractivity contribution in [1.29, 1.82) is 0 Å². The smallest absolute Gasteiger partial charge is 0.268 e. The number of carbonyl (C=O) groups is 2. The van der Waals surface area contributed by atoms with Gasteiger partial charge < -0.3 is 0 Å². The Balaban J connectivity index is 1.52. The third-order valence-corrected chi connectivity index (χ3v) is 5.52. The van der Waals surface area contributed by atoms with Crippen molar-refractivity contribution in [3.05, 3.63) is 100 Å². The van der Waals surface area contributed by atoms with Gasteiger partial charge in [0.1, 0.15) is 0 Å². The zero-order valence-corrected chi connectivity index (χ0v) is 16.3. The molecular formula is C24H19NO2S. The molecule has 0 saturated carbocycles. The third-order valence-electron chi connectivity index (χ3n) is 4.61. The van der Waals surface area contributed by atoms with Gasteiger partial charge in [-0.2, -0.15) is 0 Å². The molecule has 2 amide bonds. The number of nitrogens with zero attached hydrogens (tertiary/aromatic N) is 1. The van der Waals surface area contributed by atoms with Crippen LogP contribution in [0.3, 0.4) is 0 Å². The lowest BCUT2D eigenvalue weighted by molar-refractivity contribution is -0.123. The average molecular weight is 385 g/mol. The highest BCUT2D eigenvalue weighted by Gasteiger charge is 2.34. The molecule has 0 spiro atoms. The summed E-state index contributed by atoms with van der Waals surface area (Å²) in [4.78, 5) is 26.8. The number of hydrogen-bond donors (Lipinski definition) is 0. The molecule has 0 radical (unpaired) electrons. The number of thioether (sulfide) groups is 1. The second-order valence-corrected chi connectivity index (χ2v) is 7.74. The van der Waals surface area contributed by atoms with E-state index in [1.165, 1.54) is 4.90 Å². The highest BCUT2D eigenvalue weighted by Crippen LogP contribution is 2.33. The van der Waals surface area contributed by atoms with Crippen molar-refractivity contribution in [2.24, 2.45) is 0 Å². The van der Waals surface area contributed by atoms with Gasteiger partial charge in [0, 0.05) is 0 Å². The molecule has 138 valence electrons. The molecule has 3 nitrogen and oxygen atoms in total. The van der Waals surface area contributed by atoms with Crippen LogP contribution in [-0.2, 0) is 11.3 Å². The predicted molar refractivity (Wildman–Crippen MR) is 115 cm³/mol. The maximum Gasteiger partial charge on any atom is 0.293 e. The van der Waals surface area contributed by atoms with Crippen molar-refractivity contribution < 1.29 is 9.59 Å². The summed E-state index contributed by atoms with van der Waals surface area (Å²) >= 11 is 0.999. The van der Waals surface area contributed by atoms with E-state index < -0.39 is 0 Å². The van der Waals surface area contributed by atoms with Gasteiger partial charge in [0.15, 0.2) is 0 Å². The minimum absolute atomic E-state index is 0.223. The number of amides is 2. The van der Waals surface area contributed by atoms with Crippen molar-refractivity contribution in [3.63, 3.8) is 0 Å². The van der Waals surface area contributed by atoms with Crippen LogP contribution in [0, 0.1) is 6.92 Å². The molecule has 1 aliphatic rings. The van der Waals surface area contributed by atoms with Gasteiger partial charge in [0.25, 0.3) is 11.1 Å². The zero-order chi connectivity index (χ0) is 19.5. The molecule has 1 fully saturated rings. The fourth-order valence-electron chi connectivity index (χ4n) is 3.18. The minimum Gasteiger partial charge on any atom is -0.268 e.